The molecule has 0 spiro atoms. The Kier molecular flexibility index (Phi) is 5.59. The normalized spacial score (nSPS) is 12.4. The van der Waals surface area contributed by atoms with E-state index in [4.69, 9.17) is 0 Å². The van der Waals surface area contributed by atoms with Crippen LogP contribution in [0.1, 0.15) is 31.7 Å². The lowest BCUT2D eigenvalue weighted by molar-refractivity contribution is -0.118. The predicted octanol–water partition coefficient (Wildman–Crippen LogP) is 3.39. The molecule has 1 amide bonds. The van der Waals surface area contributed by atoms with Gasteiger partial charge in [-0.2, -0.15) is 0 Å². The molecule has 2 heterocycles. The molecule has 0 fully saturated rings. The summed E-state index contributed by atoms with van der Waals surface area (Å²) in [5, 5.41) is 12.3. The highest BCUT2D eigenvalue weighted by Crippen LogP contribution is 2.24. The van der Waals surface area contributed by atoms with Gasteiger partial charge in [0, 0.05) is 7.05 Å². The second-order valence-corrected chi connectivity index (χ2v) is 8.08. The molecule has 4 aromatic rings. The number of aromatic nitrogens is 4. The first-order valence-electron chi connectivity index (χ1n) is 9.87. The number of carbonyl (C=O) groups excluding carboxylic acids is 1. The lowest BCUT2D eigenvalue weighted by Gasteiger charge is -2.13. The van der Waals surface area contributed by atoms with E-state index in [0.29, 0.717) is 22.2 Å². The van der Waals surface area contributed by atoms with Crippen molar-refractivity contribution in [3.8, 4) is 5.69 Å². The molecule has 4 rings (SSSR count). The van der Waals surface area contributed by atoms with Crippen molar-refractivity contribution in [2.24, 2.45) is 0 Å². The molecule has 0 aliphatic carbocycles. The molecule has 2 aromatic heterocycles. The van der Waals surface area contributed by atoms with Crippen molar-refractivity contribution in [1.29, 1.82) is 0 Å². The molecule has 30 heavy (non-hydrogen) atoms. The Morgan fingerprint density at radius 2 is 1.87 bits per heavy atom. The van der Waals surface area contributed by atoms with Crippen molar-refractivity contribution in [1.82, 2.24) is 24.5 Å². The van der Waals surface area contributed by atoms with Crippen LogP contribution in [0.25, 0.3) is 22.4 Å². The van der Waals surface area contributed by atoms with E-state index in [2.05, 4.69) is 41.5 Å². The Hall–Kier alpha value is -3.13. The predicted molar refractivity (Wildman–Crippen MR) is 120 cm³/mol. The van der Waals surface area contributed by atoms with Crippen molar-refractivity contribution in [2.75, 3.05) is 12.8 Å². The highest BCUT2D eigenvalue weighted by molar-refractivity contribution is 7.99. The lowest BCUT2D eigenvalue weighted by Crippen LogP contribution is -2.22. The molecule has 0 aliphatic rings. The number of fused-ring (bicyclic) bond motifs is 3. The van der Waals surface area contributed by atoms with Gasteiger partial charge >= 0.3 is 0 Å². The first-order valence-corrected chi connectivity index (χ1v) is 10.9. The number of hydrogen-bond donors (Lipinski definition) is 1. The van der Waals surface area contributed by atoms with Crippen LogP contribution < -0.4 is 10.9 Å². The number of benzene rings is 2. The summed E-state index contributed by atoms with van der Waals surface area (Å²) in [4.78, 5) is 25.1. The standard InChI is InChI=1S/C22H23N5O2S/c1-4-14(2)15-9-11-16(12-10-15)26-20(29)17-7-5-6-8-18(17)27-21(26)24-25-22(27)30-13-19(28)23-3/h5-12,14H,4,13H2,1-3H3,(H,23,28)/t14-/m1/s1. The Morgan fingerprint density at radius 1 is 1.13 bits per heavy atom. The van der Waals surface area contributed by atoms with Crippen molar-refractivity contribution in [3.63, 3.8) is 0 Å². The van der Waals surface area contributed by atoms with Gasteiger partial charge in [-0.05, 0) is 42.2 Å². The molecule has 0 saturated heterocycles. The quantitative estimate of drug-likeness (QED) is 0.483. The summed E-state index contributed by atoms with van der Waals surface area (Å²) in [6, 6.07) is 15.4. The van der Waals surface area contributed by atoms with E-state index in [1.807, 2.05) is 34.7 Å². The summed E-state index contributed by atoms with van der Waals surface area (Å²) < 4.78 is 3.42. The van der Waals surface area contributed by atoms with Crippen molar-refractivity contribution < 1.29 is 4.79 Å². The molecule has 8 heteroatoms. The maximum absolute atomic E-state index is 13.4. The fourth-order valence-electron chi connectivity index (χ4n) is 3.39. The number of thioether (sulfide) groups is 1. The molecule has 1 atom stereocenters. The largest absolute Gasteiger partial charge is 0.358 e. The Balaban J connectivity index is 1.93. The van der Waals surface area contributed by atoms with Gasteiger partial charge in [-0.1, -0.05) is 49.9 Å². The van der Waals surface area contributed by atoms with Gasteiger partial charge in [-0.3, -0.25) is 14.0 Å². The molecular weight excluding hydrogens is 398 g/mol. The summed E-state index contributed by atoms with van der Waals surface area (Å²) in [6.07, 6.45) is 1.05. The van der Waals surface area contributed by atoms with E-state index in [-0.39, 0.29) is 17.2 Å². The number of hydrogen-bond acceptors (Lipinski definition) is 5. The minimum absolute atomic E-state index is 0.102. The van der Waals surface area contributed by atoms with Crippen LogP contribution in [0.15, 0.2) is 58.5 Å². The second kappa shape index (κ2) is 8.31. The van der Waals surface area contributed by atoms with E-state index in [1.165, 1.54) is 17.3 Å². The summed E-state index contributed by atoms with van der Waals surface area (Å²) in [5.74, 6) is 0.992. The van der Waals surface area contributed by atoms with Crippen LogP contribution in [0, 0.1) is 0 Å². The summed E-state index contributed by atoms with van der Waals surface area (Å²) >= 11 is 1.29. The maximum Gasteiger partial charge on any atom is 0.267 e. The Morgan fingerprint density at radius 3 is 2.57 bits per heavy atom. The van der Waals surface area contributed by atoms with Gasteiger partial charge in [-0.15, -0.1) is 10.2 Å². The molecule has 0 aliphatic heterocycles. The maximum atomic E-state index is 13.4. The first kappa shape index (κ1) is 20.2. The van der Waals surface area contributed by atoms with Crippen LogP contribution >= 0.6 is 11.8 Å². The zero-order valence-corrected chi connectivity index (χ0v) is 17.9. The zero-order chi connectivity index (χ0) is 21.3. The number of carbonyl (C=O) groups is 1. The third kappa shape index (κ3) is 3.47. The molecule has 2 aromatic carbocycles. The molecule has 0 radical (unpaired) electrons. The molecule has 154 valence electrons. The fraction of sp³-hybridized carbons (Fsp3) is 0.273. The summed E-state index contributed by atoms with van der Waals surface area (Å²) in [6.45, 7) is 4.34. The molecule has 0 saturated carbocycles. The van der Waals surface area contributed by atoms with E-state index in [0.717, 1.165) is 17.6 Å². The fourth-order valence-corrected chi connectivity index (χ4v) is 4.21. The molecular formula is C22H23N5O2S. The van der Waals surface area contributed by atoms with Crippen molar-refractivity contribution in [2.45, 2.75) is 31.3 Å². The number of nitrogens with zero attached hydrogens (tertiary/aromatic N) is 4. The van der Waals surface area contributed by atoms with Crippen LogP contribution in [-0.2, 0) is 4.79 Å². The summed E-state index contributed by atoms with van der Waals surface area (Å²) in [7, 11) is 1.60. The van der Waals surface area contributed by atoms with Gasteiger partial charge in [-0.25, -0.2) is 4.57 Å². The van der Waals surface area contributed by atoms with Gasteiger partial charge in [0.1, 0.15) is 0 Å². The topological polar surface area (TPSA) is 81.3 Å². The highest BCUT2D eigenvalue weighted by Gasteiger charge is 2.18. The highest BCUT2D eigenvalue weighted by atomic mass is 32.2. The van der Waals surface area contributed by atoms with Crippen LogP contribution in [0.4, 0.5) is 0 Å². The number of nitrogens with one attached hydrogen (secondary N) is 1. The monoisotopic (exact) mass is 421 g/mol. The number of rotatable bonds is 6. The van der Waals surface area contributed by atoms with E-state index < -0.39 is 0 Å². The van der Waals surface area contributed by atoms with Crippen LogP contribution in [0.2, 0.25) is 0 Å². The second-order valence-electron chi connectivity index (χ2n) is 7.14. The lowest BCUT2D eigenvalue weighted by atomic mass is 9.98. The van der Waals surface area contributed by atoms with Crippen molar-refractivity contribution in [3.05, 3.63) is 64.4 Å². The minimum atomic E-state index is -0.148. The van der Waals surface area contributed by atoms with E-state index in [9.17, 15) is 9.59 Å². The molecule has 0 unspecified atom stereocenters. The van der Waals surface area contributed by atoms with Crippen LogP contribution in [-0.4, -0.2) is 37.9 Å². The van der Waals surface area contributed by atoms with Gasteiger partial charge in [0.05, 0.1) is 22.3 Å². The number of amides is 1. The smallest absolute Gasteiger partial charge is 0.267 e. The van der Waals surface area contributed by atoms with Gasteiger partial charge < -0.3 is 5.32 Å². The molecule has 0 bridgehead atoms. The van der Waals surface area contributed by atoms with Gasteiger partial charge in [0.2, 0.25) is 11.7 Å². The van der Waals surface area contributed by atoms with Crippen LogP contribution in [0.3, 0.4) is 0 Å². The Labute approximate surface area is 178 Å². The molecule has 1 N–H and O–H groups in total. The van der Waals surface area contributed by atoms with E-state index in [1.54, 1.807) is 17.7 Å². The molecule has 7 nitrogen and oxygen atoms in total. The first-order chi connectivity index (χ1) is 14.5. The van der Waals surface area contributed by atoms with Gasteiger partial charge in [0.15, 0.2) is 5.16 Å². The van der Waals surface area contributed by atoms with Gasteiger partial charge in [0.25, 0.3) is 5.56 Å². The van der Waals surface area contributed by atoms with E-state index >= 15 is 0 Å². The zero-order valence-electron chi connectivity index (χ0n) is 17.1. The average Bonchev–Trinajstić information content (AvgIpc) is 3.21. The number of para-hydroxylation sites is 1. The SMILES string of the molecule is CC[C@@H](C)c1ccc(-n2c(=O)c3ccccc3n3c(SCC(=O)NC)nnc23)cc1. The van der Waals surface area contributed by atoms with Crippen molar-refractivity contribution >= 4 is 34.3 Å². The third-order valence-corrected chi connectivity index (χ3v) is 6.27. The minimum Gasteiger partial charge on any atom is -0.358 e. The average molecular weight is 422 g/mol. The summed E-state index contributed by atoms with van der Waals surface area (Å²) in [5.41, 5.74) is 2.53. The van der Waals surface area contributed by atoms with Crippen LogP contribution in [0.5, 0.6) is 0 Å². The Bertz CT molecular complexity index is 1280. The third-order valence-electron chi connectivity index (χ3n) is 5.34.